The third-order valence-corrected chi connectivity index (χ3v) is 16.6. The molecule has 4 N–H and O–H groups in total. The Kier molecular flexibility index (Phi) is 27.9. The van der Waals surface area contributed by atoms with Crippen molar-refractivity contribution in [2.75, 3.05) is 82.0 Å². The molecule has 10 rings (SSSR count). The van der Waals surface area contributed by atoms with E-state index in [1.54, 1.807) is 45.0 Å². The summed E-state index contributed by atoms with van der Waals surface area (Å²) in [6.07, 6.45) is 8.20. The third kappa shape index (κ3) is 20.5. The van der Waals surface area contributed by atoms with Gasteiger partial charge in [-0.05, 0) is 123 Å². The number of rotatable bonds is 10. The summed E-state index contributed by atoms with van der Waals surface area (Å²) in [7, 11) is 8.19. The molecular formula is C63H76BF4N9NaO13. The topological polar surface area (TPSA) is 268 Å². The number of amides is 6. The smallest absolute Gasteiger partial charge is 0.793 e. The molecule has 0 aromatic heterocycles. The number of carbonyl (C=O) groups excluding carboxylic acids is 10. The first-order chi connectivity index (χ1) is 42.8. The van der Waals surface area contributed by atoms with Gasteiger partial charge >= 0.3 is 53.6 Å². The summed E-state index contributed by atoms with van der Waals surface area (Å²) < 4.78 is 58.5. The Bertz CT molecular complexity index is 3280. The summed E-state index contributed by atoms with van der Waals surface area (Å²) in [5.74, 6) is -3.17. The van der Waals surface area contributed by atoms with Crippen molar-refractivity contribution in [3.05, 3.63) is 124 Å². The van der Waals surface area contributed by atoms with Crippen molar-refractivity contribution in [1.82, 2.24) is 30.2 Å². The molecule has 28 heteroatoms. The van der Waals surface area contributed by atoms with Gasteiger partial charge in [0.2, 0.25) is 17.8 Å². The molecule has 3 radical (unpaired) electrons. The average molecular weight is 1280 g/mol. The number of benzene rings is 4. The van der Waals surface area contributed by atoms with Crippen LogP contribution >= 0.6 is 0 Å². The van der Waals surface area contributed by atoms with Crippen LogP contribution in [0.15, 0.2) is 72.8 Å². The number of halogens is 4. The molecule has 6 amide bonds. The third-order valence-electron chi connectivity index (χ3n) is 16.6. The van der Waals surface area contributed by atoms with Crippen LogP contribution < -0.4 is 55.7 Å². The van der Waals surface area contributed by atoms with Crippen molar-refractivity contribution in [1.29, 1.82) is 0 Å². The van der Waals surface area contributed by atoms with Gasteiger partial charge in [0.15, 0.2) is 11.6 Å². The summed E-state index contributed by atoms with van der Waals surface area (Å²) in [6, 6.07) is 17.5. The number of nitrogens with one attached hydrogen (secondary N) is 2. The van der Waals surface area contributed by atoms with Crippen LogP contribution in [0.25, 0.3) is 0 Å². The number of piperidine rings is 2. The molecule has 0 saturated carbocycles. The first-order valence-corrected chi connectivity index (χ1v) is 29.5. The van der Waals surface area contributed by atoms with Crippen LogP contribution in [0.2, 0.25) is 0 Å². The van der Waals surface area contributed by atoms with Gasteiger partial charge in [-0.1, -0.05) is 18.2 Å². The average Bonchev–Trinajstić information content (AvgIpc) is 1.06. The van der Waals surface area contributed by atoms with E-state index in [1.165, 1.54) is 49.4 Å². The van der Waals surface area contributed by atoms with E-state index >= 15 is 0 Å². The van der Waals surface area contributed by atoms with E-state index in [4.69, 9.17) is 5.73 Å². The first-order valence-electron chi connectivity index (χ1n) is 29.5. The van der Waals surface area contributed by atoms with Gasteiger partial charge in [-0.2, -0.15) is 0 Å². The second-order valence-corrected chi connectivity index (χ2v) is 22.6. The molecule has 0 atom stereocenters. The number of carbonyl (C=O) groups is 10. The van der Waals surface area contributed by atoms with Gasteiger partial charge in [-0.3, -0.25) is 24.0 Å². The van der Waals surface area contributed by atoms with Crippen LogP contribution in [0.3, 0.4) is 0 Å². The van der Waals surface area contributed by atoms with Gasteiger partial charge in [0.25, 0.3) is 0 Å². The SMILES string of the molecule is CC(=O)OOC(C)=O.CN1c2ccc(F)cc2C(=O)CC12CCN(C(=O)NCc1ccc(F)c(CCCN3CCCC3=O)c1)CC2.CN1c2ccc(F)cc2C(=O)CC12CCN(C(=O)NCc1ccc(F)c(N)c1)CC2.O=CCN1CCCC1=O.[B-]OC(C)=O.[Na+]. The summed E-state index contributed by atoms with van der Waals surface area (Å²) in [5.41, 5.74) is 9.30. The number of nitrogens with zero attached hydrogens (tertiary/aromatic N) is 6. The molecule has 0 unspecified atom stereocenters. The quantitative estimate of drug-likeness (QED) is 0.0504. The Labute approximate surface area is 549 Å². The minimum atomic E-state index is -0.639. The Morgan fingerprint density at radius 3 is 1.43 bits per heavy atom. The summed E-state index contributed by atoms with van der Waals surface area (Å²) >= 11 is 0. The number of anilines is 3. The maximum Gasteiger partial charge on any atom is 1.00 e. The number of urea groups is 2. The number of hydrogen-bond donors (Lipinski definition) is 3. The summed E-state index contributed by atoms with van der Waals surface area (Å²) in [6.45, 7) is 8.54. The van der Waals surface area contributed by atoms with Crippen molar-refractivity contribution in [3.63, 3.8) is 0 Å². The number of fused-ring (bicyclic) bond motifs is 2. The van der Waals surface area contributed by atoms with Crippen molar-refractivity contribution < 1.29 is 109 Å². The minimum Gasteiger partial charge on any atom is -0.793 e. The number of Topliss-reactive ketones (excluding diaryl/α,β-unsaturated/α-hetero) is 2. The Balaban J connectivity index is 0.000000249. The fraction of sp³-hybridized carbons (Fsp3) is 0.460. The van der Waals surface area contributed by atoms with Crippen LogP contribution in [0.4, 0.5) is 44.2 Å². The zero-order valence-electron chi connectivity index (χ0n) is 52.2. The number of hydrogen-bond acceptors (Lipinski definition) is 16. The van der Waals surface area contributed by atoms with Crippen LogP contribution in [-0.4, -0.2) is 165 Å². The molecule has 4 aromatic rings. The predicted molar refractivity (Wildman–Crippen MR) is 323 cm³/mol. The molecule has 2 spiro atoms. The molecule has 4 saturated heterocycles. The fourth-order valence-corrected chi connectivity index (χ4v) is 11.6. The minimum absolute atomic E-state index is 0. The molecular weight excluding hydrogens is 1200 g/mol. The van der Waals surface area contributed by atoms with E-state index in [1.807, 2.05) is 19.0 Å². The molecule has 22 nitrogen and oxygen atoms in total. The van der Waals surface area contributed by atoms with E-state index in [0.29, 0.717) is 114 Å². The number of ketones is 2. The van der Waals surface area contributed by atoms with E-state index in [0.717, 1.165) is 68.6 Å². The van der Waals surface area contributed by atoms with Gasteiger partial charge in [-0.15, -0.1) is 0 Å². The largest absolute Gasteiger partial charge is 1.00 e. The zero-order valence-corrected chi connectivity index (χ0v) is 54.2. The predicted octanol–water partition coefficient (Wildman–Crippen LogP) is 4.07. The molecule has 4 aromatic carbocycles. The molecule has 483 valence electrons. The second kappa shape index (κ2) is 34.4. The van der Waals surface area contributed by atoms with Gasteiger partial charge in [-0.25, -0.2) is 46.5 Å². The van der Waals surface area contributed by atoms with Gasteiger partial charge in [0.1, 0.15) is 29.6 Å². The van der Waals surface area contributed by atoms with E-state index in [-0.39, 0.29) is 107 Å². The zero-order chi connectivity index (χ0) is 65.9. The maximum atomic E-state index is 14.4. The van der Waals surface area contributed by atoms with Gasteiger partial charge < -0.3 is 63.3 Å². The molecule has 6 aliphatic heterocycles. The van der Waals surface area contributed by atoms with E-state index in [2.05, 4.69) is 42.9 Å². The molecule has 6 aliphatic rings. The van der Waals surface area contributed by atoms with Crippen LogP contribution in [0.5, 0.6) is 0 Å². The molecule has 4 fully saturated rings. The van der Waals surface area contributed by atoms with E-state index < -0.39 is 35.4 Å². The summed E-state index contributed by atoms with van der Waals surface area (Å²) in [4.78, 5) is 131. The molecule has 6 heterocycles. The first kappa shape index (κ1) is 73.7. The number of aryl methyl sites for hydroxylation is 1. The van der Waals surface area contributed by atoms with Crippen molar-refractivity contribution >= 4 is 84.7 Å². The molecule has 0 aliphatic carbocycles. The Morgan fingerprint density at radius 2 is 1.03 bits per heavy atom. The number of likely N-dealkylation sites (tertiary alicyclic amines) is 4. The van der Waals surface area contributed by atoms with Gasteiger partial charge in [0, 0.05) is 142 Å². The van der Waals surface area contributed by atoms with E-state index in [9.17, 15) is 65.5 Å². The second-order valence-electron chi connectivity index (χ2n) is 22.6. The Morgan fingerprint density at radius 1 is 0.604 bits per heavy atom. The van der Waals surface area contributed by atoms with Gasteiger partial charge in [0.05, 0.1) is 23.3 Å². The molecule has 0 bridgehead atoms. The van der Waals surface area contributed by atoms with Crippen molar-refractivity contribution in [2.45, 2.75) is 122 Å². The maximum absolute atomic E-state index is 14.4. The van der Waals surface area contributed by atoms with Crippen molar-refractivity contribution in [2.24, 2.45) is 0 Å². The number of aldehydes is 1. The summed E-state index contributed by atoms with van der Waals surface area (Å²) in [5, 5.41) is 5.78. The standard InChI is InChI=1S/C29H34F2N4O3.C22H24F2N4O2.C6H9NO2.C4H6O4.C2H3BO2.Na/c1-33-25-9-7-22(30)17-23(25)26(36)18-29(33)10-14-35(15-11-29)28(38)32-19-20-6-8-24(31)21(16-20)4-2-12-34-13-3-5-27(34)37;1-27-19-5-3-15(23)11-16(19)20(29)12-22(27)6-8-28(9-7-22)21(30)26-13-14-2-4-17(24)18(25)10-14;8-5-4-7-3-1-2-6(7)9;1-3(5)7-8-4(2)6;1-2(4)5-3;/h6-9,16-17H,2-5,10-15,18-19H2,1H3,(H,32,38);2-5,10-11H,6-9,12-13,25H2,1H3,(H,26,30);5H,1-4H2;1-2H3;1H3;/q;;;;-1;+1. The number of nitrogen functional groups attached to an aromatic ring is 1. The molecule has 91 heavy (non-hydrogen) atoms. The van der Waals surface area contributed by atoms with Crippen LogP contribution in [0, 0.1) is 23.3 Å². The Hall–Kier alpha value is -8.04. The monoisotopic (exact) mass is 1280 g/mol. The fourth-order valence-electron chi connectivity index (χ4n) is 11.6. The normalized spacial score (nSPS) is 16.6. The van der Waals surface area contributed by atoms with Crippen LogP contribution in [-0.2, 0) is 62.7 Å². The van der Waals surface area contributed by atoms with Crippen molar-refractivity contribution in [3.8, 4) is 0 Å². The number of nitrogens with two attached hydrogens (primary N) is 1. The van der Waals surface area contributed by atoms with Crippen LogP contribution in [0.1, 0.15) is 129 Å².